The van der Waals surface area contributed by atoms with Gasteiger partial charge in [-0.3, -0.25) is 14.9 Å². The van der Waals surface area contributed by atoms with Gasteiger partial charge in [0.05, 0.1) is 5.75 Å². The van der Waals surface area contributed by atoms with Crippen LogP contribution in [0.3, 0.4) is 0 Å². The molecule has 0 bridgehead atoms. The van der Waals surface area contributed by atoms with Gasteiger partial charge in [-0.25, -0.2) is 14.3 Å². The molecular weight excluding hydrogens is 290 g/mol. The summed E-state index contributed by atoms with van der Waals surface area (Å²) in [6.07, 6.45) is 0. The van der Waals surface area contributed by atoms with Crippen molar-refractivity contribution >= 4 is 21.6 Å². The summed E-state index contributed by atoms with van der Waals surface area (Å²) in [4.78, 5) is 11.3. The van der Waals surface area contributed by atoms with Gasteiger partial charge in [-0.2, -0.15) is 0 Å². The third-order valence-corrected chi connectivity index (χ3v) is 4.01. The number of sulfonamides is 1. The van der Waals surface area contributed by atoms with Crippen molar-refractivity contribution in [3.8, 4) is 0 Å². The Kier molecular flexibility index (Phi) is 4.56. The van der Waals surface area contributed by atoms with E-state index >= 15 is 0 Å². The van der Waals surface area contributed by atoms with Crippen molar-refractivity contribution in [2.45, 2.75) is 5.75 Å². The summed E-state index contributed by atoms with van der Waals surface area (Å²) in [5, 5.41) is 0. The van der Waals surface area contributed by atoms with E-state index in [1.54, 1.807) is 24.3 Å². The lowest BCUT2D eigenvalue weighted by Crippen LogP contribution is -2.29. The Labute approximate surface area is 123 Å². The van der Waals surface area contributed by atoms with Gasteiger partial charge in [-0.1, -0.05) is 30.3 Å². The largest absolute Gasteiger partial charge is 0.290 e. The minimum Gasteiger partial charge on any atom is -0.290 e. The summed E-state index contributed by atoms with van der Waals surface area (Å²) in [7, 11) is -3.50. The molecule has 0 aliphatic heterocycles. The summed E-state index contributed by atoms with van der Waals surface area (Å²) in [6.45, 7) is 0. The van der Waals surface area contributed by atoms with E-state index in [1.807, 2.05) is 11.5 Å². The van der Waals surface area contributed by atoms with Crippen molar-refractivity contribution in [1.82, 2.24) is 5.43 Å². The predicted molar refractivity (Wildman–Crippen MR) is 80.8 cm³/mol. The van der Waals surface area contributed by atoms with Gasteiger partial charge in [0, 0.05) is 11.3 Å². The number of hydrogen-bond donors (Lipinski definition) is 3. The lowest BCUT2D eigenvalue weighted by atomic mass is 10.2. The van der Waals surface area contributed by atoms with Crippen LogP contribution in [0.25, 0.3) is 0 Å². The standard InChI is InChI=1S/C14H15N3O3S/c15-16-14(18)12-6-8-13(9-7-12)17-21(19,20)10-11-4-2-1-3-5-11/h1-9,17H,10,15H2,(H,16,18). The van der Waals surface area contributed by atoms with E-state index in [9.17, 15) is 13.2 Å². The van der Waals surface area contributed by atoms with Crippen molar-refractivity contribution in [2.75, 3.05) is 4.72 Å². The fraction of sp³-hybridized carbons (Fsp3) is 0.0714. The lowest BCUT2D eigenvalue weighted by Gasteiger charge is -2.08. The molecule has 2 aromatic carbocycles. The first-order valence-corrected chi connectivity index (χ1v) is 7.81. The summed E-state index contributed by atoms with van der Waals surface area (Å²) >= 11 is 0. The minimum absolute atomic E-state index is 0.112. The fourth-order valence-electron chi connectivity index (χ4n) is 1.78. The van der Waals surface area contributed by atoms with Gasteiger partial charge in [0.15, 0.2) is 0 Å². The van der Waals surface area contributed by atoms with Gasteiger partial charge in [0.25, 0.3) is 5.91 Å². The zero-order valence-corrected chi connectivity index (χ0v) is 11.9. The number of carbonyl (C=O) groups excluding carboxylic acids is 1. The Hall–Kier alpha value is -2.38. The number of amides is 1. The average molecular weight is 305 g/mol. The van der Waals surface area contributed by atoms with Crippen molar-refractivity contribution < 1.29 is 13.2 Å². The first kappa shape index (κ1) is 15.0. The molecule has 0 heterocycles. The third-order valence-electron chi connectivity index (χ3n) is 2.75. The van der Waals surface area contributed by atoms with Gasteiger partial charge in [-0.05, 0) is 29.8 Å². The van der Waals surface area contributed by atoms with Crippen molar-refractivity contribution in [3.63, 3.8) is 0 Å². The van der Waals surface area contributed by atoms with Gasteiger partial charge in [0.1, 0.15) is 0 Å². The van der Waals surface area contributed by atoms with Crippen LogP contribution in [-0.2, 0) is 15.8 Å². The van der Waals surface area contributed by atoms with Gasteiger partial charge in [-0.15, -0.1) is 0 Å². The molecule has 2 aromatic rings. The molecule has 1 amide bonds. The van der Waals surface area contributed by atoms with Crippen LogP contribution >= 0.6 is 0 Å². The smallest absolute Gasteiger partial charge is 0.265 e. The average Bonchev–Trinajstić information content (AvgIpc) is 2.47. The molecule has 0 saturated heterocycles. The molecule has 0 radical (unpaired) electrons. The number of nitrogens with two attached hydrogens (primary N) is 1. The van der Waals surface area contributed by atoms with Crippen molar-refractivity contribution in [3.05, 3.63) is 65.7 Å². The number of nitrogens with one attached hydrogen (secondary N) is 2. The molecule has 4 N–H and O–H groups in total. The van der Waals surface area contributed by atoms with Gasteiger partial charge < -0.3 is 0 Å². The van der Waals surface area contributed by atoms with E-state index < -0.39 is 15.9 Å². The zero-order valence-electron chi connectivity index (χ0n) is 11.1. The quantitative estimate of drug-likeness (QED) is 0.439. The van der Waals surface area contributed by atoms with Crippen LogP contribution < -0.4 is 16.0 Å². The Morgan fingerprint density at radius 2 is 1.62 bits per heavy atom. The van der Waals surface area contributed by atoms with Gasteiger partial charge >= 0.3 is 0 Å². The monoisotopic (exact) mass is 305 g/mol. The van der Waals surface area contributed by atoms with E-state index in [4.69, 9.17) is 5.84 Å². The fourth-order valence-corrected chi connectivity index (χ4v) is 2.98. The van der Waals surface area contributed by atoms with E-state index in [0.29, 0.717) is 16.8 Å². The topological polar surface area (TPSA) is 101 Å². The zero-order chi connectivity index (χ0) is 15.3. The van der Waals surface area contributed by atoms with Crippen LogP contribution in [0.15, 0.2) is 54.6 Å². The van der Waals surface area contributed by atoms with Crippen LogP contribution in [-0.4, -0.2) is 14.3 Å². The number of carbonyl (C=O) groups is 1. The SMILES string of the molecule is NNC(=O)c1ccc(NS(=O)(=O)Cc2ccccc2)cc1. The molecule has 0 fully saturated rings. The van der Waals surface area contributed by atoms with Crippen LogP contribution in [0.2, 0.25) is 0 Å². The van der Waals surface area contributed by atoms with Crippen molar-refractivity contribution in [2.24, 2.45) is 5.84 Å². The van der Waals surface area contributed by atoms with Crippen LogP contribution in [0.1, 0.15) is 15.9 Å². The number of hydrogen-bond acceptors (Lipinski definition) is 4. The summed E-state index contributed by atoms with van der Waals surface area (Å²) in [5.41, 5.74) is 3.44. The normalized spacial score (nSPS) is 10.9. The molecule has 21 heavy (non-hydrogen) atoms. The first-order chi connectivity index (χ1) is 10.00. The summed E-state index contributed by atoms with van der Waals surface area (Å²) in [5.74, 6) is 4.47. The lowest BCUT2D eigenvalue weighted by molar-refractivity contribution is 0.0953. The van der Waals surface area contributed by atoms with Crippen LogP contribution in [0, 0.1) is 0 Å². The Morgan fingerprint density at radius 1 is 1.00 bits per heavy atom. The molecule has 110 valence electrons. The predicted octanol–water partition coefficient (Wildman–Crippen LogP) is 1.23. The Balaban J connectivity index is 2.08. The maximum Gasteiger partial charge on any atom is 0.265 e. The highest BCUT2D eigenvalue weighted by Crippen LogP contribution is 2.14. The summed E-state index contributed by atoms with van der Waals surface area (Å²) < 4.78 is 26.5. The maximum absolute atomic E-state index is 12.0. The minimum atomic E-state index is -3.50. The molecule has 0 aliphatic carbocycles. The number of benzene rings is 2. The Bertz CT molecular complexity index is 713. The second-order valence-electron chi connectivity index (χ2n) is 4.40. The van der Waals surface area contributed by atoms with Crippen LogP contribution in [0.5, 0.6) is 0 Å². The number of nitrogen functional groups attached to an aromatic ring is 1. The molecule has 0 unspecified atom stereocenters. The van der Waals surface area contributed by atoms with Crippen LogP contribution in [0.4, 0.5) is 5.69 Å². The highest BCUT2D eigenvalue weighted by molar-refractivity contribution is 7.91. The van der Waals surface area contributed by atoms with E-state index in [2.05, 4.69) is 4.72 Å². The van der Waals surface area contributed by atoms with E-state index in [-0.39, 0.29) is 5.75 Å². The number of anilines is 1. The van der Waals surface area contributed by atoms with E-state index in [1.165, 1.54) is 24.3 Å². The highest BCUT2D eigenvalue weighted by Gasteiger charge is 2.12. The summed E-state index contributed by atoms with van der Waals surface area (Å²) in [6, 6.07) is 14.9. The number of rotatable bonds is 5. The Morgan fingerprint density at radius 3 is 2.19 bits per heavy atom. The molecule has 2 rings (SSSR count). The number of hydrazine groups is 1. The van der Waals surface area contributed by atoms with Gasteiger partial charge in [0.2, 0.25) is 10.0 Å². The molecule has 0 saturated carbocycles. The maximum atomic E-state index is 12.0. The third kappa shape index (κ3) is 4.30. The molecular formula is C14H15N3O3S. The first-order valence-electron chi connectivity index (χ1n) is 6.15. The van der Waals surface area contributed by atoms with E-state index in [0.717, 1.165) is 0 Å². The van der Waals surface area contributed by atoms with Crippen molar-refractivity contribution in [1.29, 1.82) is 0 Å². The second kappa shape index (κ2) is 6.38. The molecule has 0 aliphatic rings. The molecule has 0 spiro atoms. The molecule has 0 atom stereocenters. The second-order valence-corrected chi connectivity index (χ2v) is 6.12. The molecule has 0 aromatic heterocycles. The molecule has 6 nitrogen and oxygen atoms in total. The molecule has 7 heteroatoms. The highest BCUT2D eigenvalue weighted by atomic mass is 32.2.